The summed E-state index contributed by atoms with van der Waals surface area (Å²) in [7, 11) is 0. The number of rotatable bonds is 6. The molecule has 2 aliphatic heterocycles. The summed E-state index contributed by atoms with van der Waals surface area (Å²) in [6.07, 6.45) is 13.8. The van der Waals surface area contributed by atoms with Gasteiger partial charge < -0.3 is 20.8 Å². The van der Waals surface area contributed by atoms with Crippen molar-refractivity contribution in [1.82, 2.24) is 24.4 Å². The number of allylic oxidation sites excluding steroid dienone is 4. The molecule has 2 aromatic carbocycles. The number of aromatic nitrogens is 4. The lowest BCUT2D eigenvalue weighted by atomic mass is 9.77. The van der Waals surface area contributed by atoms with Gasteiger partial charge in [-0.25, -0.2) is 15.0 Å². The minimum Gasteiger partial charge on any atom is -0.504 e. The van der Waals surface area contributed by atoms with Crippen molar-refractivity contribution in [3.63, 3.8) is 0 Å². The van der Waals surface area contributed by atoms with Gasteiger partial charge in [0.15, 0.2) is 23.0 Å². The number of fused-ring (bicyclic) bond motifs is 1. The van der Waals surface area contributed by atoms with Crippen LogP contribution >= 0.6 is 0 Å². The van der Waals surface area contributed by atoms with Crippen LogP contribution in [0, 0.1) is 5.41 Å². The van der Waals surface area contributed by atoms with E-state index in [0.29, 0.717) is 11.2 Å². The highest BCUT2D eigenvalue weighted by molar-refractivity contribution is 5.85. The Kier molecular flexibility index (Phi) is 9.10. The first-order valence-electron chi connectivity index (χ1n) is 17.5. The number of piperidine rings is 1. The lowest BCUT2D eigenvalue weighted by Crippen LogP contribution is -2.41. The number of hydrogen-bond donors (Lipinski definition) is 3. The maximum atomic E-state index is 9.99. The van der Waals surface area contributed by atoms with Gasteiger partial charge in [0.1, 0.15) is 11.3 Å². The molecular weight excluding hydrogens is 610 g/mol. The minimum absolute atomic E-state index is 0.0570. The van der Waals surface area contributed by atoms with Crippen LogP contribution in [0.2, 0.25) is 0 Å². The molecule has 0 atom stereocenters. The Balaban J connectivity index is 0.00000186. The van der Waals surface area contributed by atoms with Gasteiger partial charge in [-0.3, -0.25) is 9.47 Å². The molecular formula is C40H45N7O2. The third-order valence-corrected chi connectivity index (χ3v) is 10.2. The molecule has 2 saturated heterocycles. The Labute approximate surface area is 288 Å². The lowest BCUT2D eigenvalue weighted by molar-refractivity contribution is 0.115. The zero-order chi connectivity index (χ0) is 34.0. The SMILES string of the molecule is CC.Nc1ncccc1-c1nc2ccc(C3=CCCC=C3)nc2n1-c1ccc(CN2CCC3(CC2)CCN(c2ccc(O)c(O)c2)C3)cc1. The minimum atomic E-state index is -0.0722. The van der Waals surface area contributed by atoms with Gasteiger partial charge in [0.25, 0.3) is 0 Å². The second-order valence-corrected chi connectivity index (χ2v) is 13.2. The first-order valence-corrected chi connectivity index (χ1v) is 17.5. The molecule has 0 saturated carbocycles. The van der Waals surface area contributed by atoms with Gasteiger partial charge >= 0.3 is 0 Å². The van der Waals surface area contributed by atoms with Gasteiger partial charge in [-0.05, 0) is 110 Å². The van der Waals surface area contributed by atoms with E-state index in [-0.39, 0.29) is 11.5 Å². The molecule has 3 aromatic heterocycles. The Morgan fingerprint density at radius 1 is 0.837 bits per heavy atom. The summed E-state index contributed by atoms with van der Waals surface area (Å²) >= 11 is 0. The van der Waals surface area contributed by atoms with Crippen molar-refractivity contribution in [2.75, 3.05) is 36.8 Å². The van der Waals surface area contributed by atoms with Gasteiger partial charge in [0.05, 0.1) is 11.3 Å². The van der Waals surface area contributed by atoms with Crippen LogP contribution in [0.3, 0.4) is 0 Å². The van der Waals surface area contributed by atoms with E-state index in [9.17, 15) is 10.2 Å². The van der Waals surface area contributed by atoms with Crippen LogP contribution in [0.4, 0.5) is 11.5 Å². The molecule has 8 rings (SSSR count). The Bertz CT molecular complexity index is 2010. The third-order valence-electron chi connectivity index (χ3n) is 10.2. The molecule has 4 N–H and O–H groups in total. The monoisotopic (exact) mass is 655 g/mol. The topological polar surface area (TPSA) is 117 Å². The van der Waals surface area contributed by atoms with E-state index in [4.69, 9.17) is 15.7 Å². The van der Waals surface area contributed by atoms with Crippen molar-refractivity contribution in [3.05, 3.63) is 102 Å². The Morgan fingerprint density at radius 3 is 2.35 bits per heavy atom. The average molecular weight is 656 g/mol. The van der Waals surface area contributed by atoms with Crippen molar-refractivity contribution >= 4 is 28.2 Å². The number of benzene rings is 2. The third kappa shape index (κ3) is 6.50. The predicted molar refractivity (Wildman–Crippen MR) is 198 cm³/mol. The van der Waals surface area contributed by atoms with Crippen molar-refractivity contribution < 1.29 is 10.2 Å². The van der Waals surface area contributed by atoms with Gasteiger partial charge in [-0.2, -0.15) is 0 Å². The predicted octanol–water partition coefficient (Wildman–Crippen LogP) is 7.73. The van der Waals surface area contributed by atoms with E-state index in [0.717, 1.165) is 110 Å². The summed E-state index contributed by atoms with van der Waals surface area (Å²) in [6.45, 7) is 8.99. The first-order chi connectivity index (χ1) is 23.9. The van der Waals surface area contributed by atoms with Crippen molar-refractivity contribution in [2.45, 2.75) is 52.5 Å². The molecule has 5 aromatic rings. The molecule has 0 radical (unpaired) electrons. The molecule has 9 nitrogen and oxygen atoms in total. The number of pyridine rings is 2. The number of phenolic OH excluding ortho intramolecular Hbond substituents is 2. The number of nitrogens with zero attached hydrogens (tertiary/aromatic N) is 6. The number of hydrogen-bond acceptors (Lipinski definition) is 8. The second kappa shape index (κ2) is 13.8. The molecule has 3 aliphatic rings. The van der Waals surface area contributed by atoms with Crippen molar-refractivity contribution in [2.24, 2.45) is 5.41 Å². The number of phenols is 2. The van der Waals surface area contributed by atoms with Gasteiger partial charge in [0.2, 0.25) is 0 Å². The molecule has 9 heteroatoms. The summed E-state index contributed by atoms with van der Waals surface area (Å²) in [6, 6.07) is 21.8. The lowest BCUT2D eigenvalue weighted by Gasteiger charge is -2.39. The molecule has 0 amide bonds. The summed E-state index contributed by atoms with van der Waals surface area (Å²) in [5.74, 6) is 1.04. The van der Waals surface area contributed by atoms with Crippen LogP contribution in [0.1, 0.15) is 57.2 Å². The largest absolute Gasteiger partial charge is 0.504 e. The van der Waals surface area contributed by atoms with Crippen LogP contribution in [-0.4, -0.2) is 60.8 Å². The normalized spacial score (nSPS) is 17.3. The van der Waals surface area contributed by atoms with Gasteiger partial charge in [-0.15, -0.1) is 0 Å². The van der Waals surface area contributed by atoms with E-state index >= 15 is 0 Å². The molecule has 0 bridgehead atoms. The smallest absolute Gasteiger partial charge is 0.165 e. The molecule has 5 heterocycles. The maximum Gasteiger partial charge on any atom is 0.165 e. The van der Waals surface area contributed by atoms with Crippen LogP contribution in [0.15, 0.2) is 91.2 Å². The van der Waals surface area contributed by atoms with Crippen molar-refractivity contribution in [1.29, 1.82) is 0 Å². The molecule has 2 fully saturated rings. The van der Waals surface area contributed by atoms with E-state index in [1.165, 1.54) is 5.56 Å². The molecule has 1 spiro atoms. The first kappa shape index (κ1) is 32.4. The quantitative estimate of drug-likeness (QED) is 0.159. The van der Waals surface area contributed by atoms with Gasteiger partial charge in [-0.1, -0.05) is 44.2 Å². The number of likely N-dealkylation sites (tertiary alicyclic amines) is 1. The van der Waals surface area contributed by atoms with E-state index in [1.54, 1.807) is 18.3 Å². The van der Waals surface area contributed by atoms with E-state index in [1.807, 2.05) is 44.2 Å². The highest BCUT2D eigenvalue weighted by atomic mass is 16.3. The molecule has 1 aliphatic carbocycles. The van der Waals surface area contributed by atoms with Crippen molar-refractivity contribution in [3.8, 4) is 28.6 Å². The van der Waals surface area contributed by atoms with Crippen LogP contribution < -0.4 is 10.6 Å². The number of imidazole rings is 1. The molecule has 49 heavy (non-hydrogen) atoms. The zero-order valence-corrected chi connectivity index (χ0v) is 28.4. The van der Waals surface area contributed by atoms with E-state index < -0.39 is 0 Å². The fourth-order valence-corrected chi connectivity index (χ4v) is 7.42. The molecule has 252 valence electrons. The standard InChI is InChI=1S/C38H39N7O2.C2H6/c39-35-30(7-4-19-40-35)36-42-32-14-13-31(27-5-2-1-3-6-27)41-37(32)45(36)28-10-8-26(9-11-28)24-43-20-16-38(17-21-43)18-22-44(25-38)29-12-15-33(46)34(47)23-29;1-2/h2,4-15,19,23,46-47H,1,3,16-18,20-22,24-25H2,(H2,39,40);1-2H3. The summed E-state index contributed by atoms with van der Waals surface area (Å²) < 4.78 is 2.10. The molecule has 0 unspecified atom stereocenters. The fourth-order valence-electron chi connectivity index (χ4n) is 7.42. The summed E-state index contributed by atoms with van der Waals surface area (Å²) in [5, 5.41) is 19.7. The summed E-state index contributed by atoms with van der Waals surface area (Å²) in [5.41, 5.74) is 14.4. The second-order valence-electron chi connectivity index (χ2n) is 13.2. The average Bonchev–Trinajstić information content (AvgIpc) is 3.74. The number of nitrogens with two attached hydrogens (primary N) is 1. The number of aromatic hydroxyl groups is 2. The zero-order valence-electron chi connectivity index (χ0n) is 28.4. The summed E-state index contributed by atoms with van der Waals surface area (Å²) in [4.78, 5) is 19.4. The Morgan fingerprint density at radius 2 is 1.61 bits per heavy atom. The maximum absolute atomic E-state index is 9.99. The highest BCUT2D eigenvalue weighted by Crippen LogP contribution is 2.43. The van der Waals surface area contributed by atoms with Gasteiger partial charge in [0, 0.05) is 43.3 Å². The van der Waals surface area contributed by atoms with Crippen LogP contribution in [0.5, 0.6) is 11.5 Å². The highest BCUT2D eigenvalue weighted by Gasteiger charge is 2.40. The van der Waals surface area contributed by atoms with Crippen LogP contribution in [0.25, 0.3) is 33.8 Å². The number of nitrogen functional groups attached to an aromatic ring is 1. The Hall–Kier alpha value is -5.15. The van der Waals surface area contributed by atoms with Crippen LogP contribution in [-0.2, 0) is 6.54 Å². The van der Waals surface area contributed by atoms with E-state index in [2.05, 4.69) is 61.8 Å². The number of anilines is 2. The fraction of sp³-hybridized carbons (Fsp3) is 0.325.